The van der Waals surface area contributed by atoms with Gasteiger partial charge in [0.25, 0.3) is 5.91 Å². The summed E-state index contributed by atoms with van der Waals surface area (Å²) in [6.45, 7) is 3.22. The second-order valence-electron chi connectivity index (χ2n) is 4.45. The largest absolute Gasteiger partial charge is 0.369 e. The molecule has 0 aromatic carbocycles. The highest BCUT2D eigenvalue weighted by atomic mass is 35.5. The average molecular weight is 305 g/mol. The van der Waals surface area contributed by atoms with Gasteiger partial charge >= 0.3 is 0 Å². The molecule has 0 fully saturated rings. The zero-order valence-electron chi connectivity index (χ0n) is 11.8. The Balaban J connectivity index is 1.90. The molecule has 2 rings (SSSR count). The van der Waals surface area contributed by atoms with Gasteiger partial charge in [-0.15, -0.1) is 0 Å². The summed E-state index contributed by atoms with van der Waals surface area (Å²) >= 11 is 6.07. The van der Waals surface area contributed by atoms with E-state index in [0.29, 0.717) is 22.9 Å². The van der Waals surface area contributed by atoms with E-state index in [1.165, 1.54) is 6.20 Å². The van der Waals surface area contributed by atoms with Gasteiger partial charge in [-0.3, -0.25) is 9.78 Å². The van der Waals surface area contributed by atoms with E-state index < -0.39 is 0 Å². The van der Waals surface area contributed by atoms with Gasteiger partial charge in [-0.1, -0.05) is 17.7 Å². The molecule has 0 atom stereocenters. The van der Waals surface area contributed by atoms with E-state index in [9.17, 15) is 4.79 Å². The Labute approximate surface area is 128 Å². The van der Waals surface area contributed by atoms with Crippen molar-refractivity contribution in [3.8, 4) is 0 Å². The highest BCUT2D eigenvalue weighted by Crippen LogP contribution is 2.19. The molecule has 5 nitrogen and oxygen atoms in total. The first-order valence-corrected chi connectivity index (χ1v) is 7.15. The van der Waals surface area contributed by atoms with Crippen LogP contribution in [0.3, 0.4) is 0 Å². The molecule has 0 radical (unpaired) electrons. The second-order valence-corrected chi connectivity index (χ2v) is 4.86. The maximum atomic E-state index is 12.0. The summed E-state index contributed by atoms with van der Waals surface area (Å²) < 4.78 is 0. The summed E-state index contributed by atoms with van der Waals surface area (Å²) in [5.41, 5.74) is 1.53. The molecule has 6 heteroatoms. The predicted octanol–water partition coefficient (Wildman–Crippen LogP) is 2.53. The van der Waals surface area contributed by atoms with Gasteiger partial charge < -0.3 is 10.6 Å². The standard InChI is InChI=1S/C15H17ClN4O/c1-2-18-14-13(16)8-12(10-20-14)15(21)19-7-5-11-4-3-6-17-9-11/h3-4,6,8-10H,2,5,7H2,1H3,(H,18,20)(H,19,21). The van der Waals surface area contributed by atoms with Gasteiger partial charge in [0, 0.05) is 31.7 Å². The summed E-state index contributed by atoms with van der Waals surface area (Å²) in [6, 6.07) is 5.47. The van der Waals surface area contributed by atoms with Crippen LogP contribution in [0.1, 0.15) is 22.8 Å². The van der Waals surface area contributed by atoms with Gasteiger partial charge in [-0.05, 0) is 31.0 Å². The molecule has 0 unspecified atom stereocenters. The lowest BCUT2D eigenvalue weighted by Gasteiger charge is -2.08. The monoisotopic (exact) mass is 304 g/mol. The average Bonchev–Trinajstić information content (AvgIpc) is 2.50. The van der Waals surface area contributed by atoms with Crippen LogP contribution in [0.4, 0.5) is 5.82 Å². The van der Waals surface area contributed by atoms with Crippen LogP contribution in [-0.4, -0.2) is 29.0 Å². The van der Waals surface area contributed by atoms with Gasteiger partial charge in [-0.2, -0.15) is 0 Å². The van der Waals surface area contributed by atoms with Crippen molar-refractivity contribution >= 4 is 23.3 Å². The van der Waals surface area contributed by atoms with Crippen molar-refractivity contribution in [1.82, 2.24) is 15.3 Å². The van der Waals surface area contributed by atoms with Crippen molar-refractivity contribution in [2.75, 3.05) is 18.4 Å². The smallest absolute Gasteiger partial charge is 0.252 e. The third-order valence-corrected chi connectivity index (χ3v) is 3.16. The molecule has 2 aromatic heterocycles. The van der Waals surface area contributed by atoms with E-state index in [4.69, 9.17) is 11.6 Å². The fourth-order valence-corrected chi connectivity index (χ4v) is 2.06. The number of hydrogen-bond acceptors (Lipinski definition) is 4. The Kier molecular flexibility index (Phi) is 5.51. The third-order valence-electron chi connectivity index (χ3n) is 2.87. The van der Waals surface area contributed by atoms with Gasteiger partial charge in [0.15, 0.2) is 0 Å². The number of anilines is 1. The van der Waals surface area contributed by atoms with E-state index in [0.717, 1.165) is 18.5 Å². The number of nitrogens with one attached hydrogen (secondary N) is 2. The molecule has 0 aliphatic rings. The van der Waals surface area contributed by atoms with Crippen LogP contribution in [0.25, 0.3) is 0 Å². The number of pyridine rings is 2. The SMILES string of the molecule is CCNc1ncc(C(=O)NCCc2cccnc2)cc1Cl. The zero-order chi connectivity index (χ0) is 15.1. The molecule has 110 valence electrons. The van der Waals surface area contributed by atoms with Crippen LogP contribution in [0.15, 0.2) is 36.8 Å². The molecule has 0 saturated carbocycles. The number of aromatic nitrogens is 2. The molecule has 2 heterocycles. The third kappa shape index (κ3) is 4.43. The second kappa shape index (κ2) is 7.59. The molecule has 21 heavy (non-hydrogen) atoms. The van der Waals surface area contributed by atoms with Crippen LogP contribution in [0.2, 0.25) is 5.02 Å². The Morgan fingerprint density at radius 1 is 1.38 bits per heavy atom. The number of halogens is 1. The lowest BCUT2D eigenvalue weighted by atomic mass is 10.2. The first-order valence-electron chi connectivity index (χ1n) is 6.77. The molecular weight excluding hydrogens is 288 g/mol. The fourth-order valence-electron chi connectivity index (χ4n) is 1.83. The van der Waals surface area contributed by atoms with Crippen molar-refractivity contribution in [3.05, 3.63) is 52.9 Å². The summed E-state index contributed by atoms with van der Waals surface area (Å²) in [5, 5.41) is 6.31. The fraction of sp³-hybridized carbons (Fsp3) is 0.267. The summed E-state index contributed by atoms with van der Waals surface area (Å²) in [5.74, 6) is 0.405. The van der Waals surface area contributed by atoms with Crippen molar-refractivity contribution in [2.45, 2.75) is 13.3 Å². The summed E-state index contributed by atoms with van der Waals surface area (Å²) in [6.07, 6.45) is 5.76. The number of amides is 1. The molecule has 0 spiro atoms. The van der Waals surface area contributed by atoms with Crippen molar-refractivity contribution in [3.63, 3.8) is 0 Å². The van der Waals surface area contributed by atoms with Crippen molar-refractivity contribution in [2.24, 2.45) is 0 Å². The van der Waals surface area contributed by atoms with Crippen LogP contribution in [0, 0.1) is 0 Å². The van der Waals surface area contributed by atoms with E-state index in [-0.39, 0.29) is 5.91 Å². The quantitative estimate of drug-likeness (QED) is 0.860. The number of carbonyl (C=O) groups excluding carboxylic acids is 1. The highest BCUT2D eigenvalue weighted by molar-refractivity contribution is 6.33. The van der Waals surface area contributed by atoms with Crippen LogP contribution in [0.5, 0.6) is 0 Å². The minimum absolute atomic E-state index is 0.184. The van der Waals surface area contributed by atoms with E-state index in [2.05, 4.69) is 20.6 Å². The lowest BCUT2D eigenvalue weighted by molar-refractivity contribution is 0.0954. The molecular formula is C15H17ClN4O. The predicted molar refractivity (Wildman–Crippen MR) is 83.7 cm³/mol. The van der Waals surface area contributed by atoms with Crippen LogP contribution in [-0.2, 0) is 6.42 Å². The molecule has 0 saturated heterocycles. The number of carbonyl (C=O) groups is 1. The molecule has 2 N–H and O–H groups in total. The van der Waals surface area contributed by atoms with Crippen molar-refractivity contribution in [1.29, 1.82) is 0 Å². The Hall–Kier alpha value is -2.14. The number of nitrogens with zero attached hydrogens (tertiary/aromatic N) is 2. The topological polar surface area (TPSA) is 66.9 Å². The Morgan fingerprint density at radius 3 is 2.90 bits per heavy atom. The zero-order valence-corrected chi connectivity index (χ0v) is 12.5. The van der Waals surface area contributed by atoms with Gasteiger partial charge in [0.05, 0.1) is 10.6 Å². The number of hydrogen-bond donors (Lipinski definition) is 2. The van der Waals surface area contributed by atoms with Gasteiger partial charge in [0.2, 0.25) is 0 Å². The minimum atomic E-state index is -0.184. The molecule has 2 aromatic rings. The number of rotatable bonds is 6. The van der Waals surface area contributed by atoms with Gasteiger partial charge in [-0.25, -0.2) is 4.98 Å². The normalized spacial score (nSPS) is 10.2. The first-order chi connectivity index (χ1) is 10.2. The molecule has 0 bridgehead atoms. The van der Waals surface area contributed by atoms with Crippen molar-refractivity contribution < 1.29 is 4.79 Å². The first kappa shape index (κ1) is 15.3. The lowest BCUT2D eigenvalue weighted by Crippen LogP contribution is -2.25. The Morgan fingerprint density at radius 2 is 2.24 bits per heavy atom. The van der Waals surface area contributed by atoms with E-state index in [1.54, 1.807) is 18.5 Å². The van der Waals surface area contributed by atoms with Crippen LogP contribution < -0.4 is 10.6 Å². The summed E-state index contributed by atoms with van der Waals surface area (Å²) in [4.78, 5) is 20.2. The van der Waals surface area contributed by atoms with E-state index >= 15 is 0 Å². The maximum Gasteiger partial charge on any atom is 0.252 e. The minimum Gasteiger partial charge on any atom is -0.369 e. The highest BCUT2D eigenvalue weighted by Gasteiger charge is 2.09. The van der Waals surface area contributed by atoms with E-state index in [1.807, 2.05) is 19.1 Å². The van der Waals surface area contributed by atoms with Crippen LogP contribution >= 0.6 is 11.6 Å². The van der Waals surface area contributed by atoms with Gasteiger partial charge in [0.1, 0.15) is 5.82 Å². The Bertz CT molecular complexity index is 604. The maximum absolute atomic E-state index is 12.0. The summed E-state index contributed by atoms with van der Waals surface area (Å²) in [7, 11) is 0. The molecule has 0 aliphatic heterocycles. The molecule has 0 aliphatic carbocycles. The molecule has 1 amide bonds.